The number of rotatable bonds is 3. The fourth-order valence-corrected chi connectivity index (χ4v) is 1.51. The topological polar surface area (TPSA) is 69.8 Å². The molecule has 2 rings (SSSR count). The average molecular weight is 284 g/mol. The molecule has 0 bridgehead atoms. The highest BCUT2D eigenvalue weighted by Crippen LogP contribution is 2.30. The first-order valence-electron chi connectivity index (χ1n) is 5.65. The van der Waals surface area contributed by atoms with E-state index in [1.54, 1.807) is 6.20 Å². The van der Waals surface area contributed by atoms with Crippen molar-refractivity contribution >= 4 is 11.7 Å². The maximum absolute atomic E-state index is 12.5. The Morgan fingerprint density at radius 1 is 1.35 bits per heavy atom. The van der Waals surface area contributed by atoms with Crippen LogP contribution in [0.3, 0.4) is 0 Å². The number of anilines is 1. The van der Waals surface area contributed by atoms with Gasteiger partial charge in [0.15, 0.2) is 0 Å². The van der Waals surface area contributed by atoms with Gasteiger partial charge in [-0.15, -0.1) is 0 Å². The van der Waals surface area contributed by atoms with Crippen molar-refractivity contribution in [2.24, 2.45) is 0 Å². The van der Waals surface area contributed by atoms with Crippen molar-refractivity contribution in [1.29, 1.82) is 0 Å². The molecule has 1 aromatic carbocycles. The quantitative estimate of drug-likeness (QED) is 0.811. The molecule has 5 nitrogen and oxygen atoms in total. The number of imidazole rings is 1. The normalized spacial score (nSPS) is 11.2. The van der Waals surface area contributed by atoms with E-state index >= 15 is 0 Å². The summed E-state index contributed by atoms with van der Waals surface area (Å²) in [5, 5.41) is 4.79. The number of urea groups is 1. The van der Waals surface area contributed by atoms with Gasteiger partial charge in [-0.05, 0) is 18.2 Å². The summed E-state index contributed by atoms with van der Waals surface area (Å²) < 4.78 is 37.5. The zero-order valence-corrected chi connectivity index (χ0v) is 10.2. The van der Waals surface area contributed by atoms with Crippen molar-refractivity contribution < 1.29 is 18.0 Å². The van der Waals surface area contributed by atoms with Gasteiger partial charge in [0.25, 0.3) is 0 Å². The van der Waals surface area contributed by atoms with E-state index in [9.17, 15) is 18.0 Å². The maximum Gasteiger partial charge on any atom is 0.416 e. The van der Waals surface area contributed by atoms with E-state index in [1.807, 2.05) is 0 Å². The Morgan fingerprint density at radius 2 is 2.15 bits per heavy atom. The van der Waals surface area contributed by atoms with Gasteiger partial charge in [-0.25, -0.2) is 9.78 Å². The molecule has 3 N–H and O–H groups in total. The molecule has 106 valence electrons. The molecule has 0 saturated heterocycles. The first-order chi connectivity index (χ1) is 9.45. The number of amides is 2. The summed E-state index contributed by atoms with van der Waals surface area (Å²) in [5.74, 6) is 0.546. The molecule has 0 radical (unpaired) electrons. The van der Waals surface area contributed by atoms with E-state index in [0.717, 1.165) is 12.1 Å². The molecule has 0 unspecified atom stereocenters. The number of halogens is 3. The van der Waals surface area contributed by atoms with Crippen molar-refractivity contribution in [3.8, 4) is 0 Å². The molecule has 8 heteroatoms. The molecule has 0 fully saturated rings. The molecule has 0 atom stereocenters. The molecule has 1 heterocycles. The van der Waals surface area contributed by atoms with Crippen molar-refractivity contribution in [3.63, 3.8) is 0 Å². The molecule has 2 amide bonds. The van der Waals surface area contributed by atoms with E-state index < -0.39 is 17.8 Å². The number of nitrogens with zero attached hydrogens (tertiary/aromatic N) is 1. The minimum Gasteiger partial charge on any atom is -0.347 e. The molecular formula is C12H11F3N4O. The van der Waals surface area contributed by atoms with Crippen LogP contribution in [0.5, 0.6) is 0 Å². The summed E-state index contributed by atoms with van der Waals surface area (Å²) in [6.45, 7) is 0.151. The van der Waals surface area contributed by atoms with E-state index in [1.165, 1.54) is 18.3 Å². The van der Waals surface area contributed by atoms with Gasteiger partial charge < -0.3 is 15.6 Å². The van der Waals surface area contributed by atoms with Crippen LogP contribution in [0.4, 0.5) is 23.7 Å². The first-order valence-corrected chi connectivity index (χ1v) is 5.65. The molecule has 0 aliphatic carbocycles. The van der Waals surface area contributed by atoms with Crippen LogP contribution in [0.2, 0.25) is 0 Å². The summed E-state index contributed by atoms with van der Waals surface area (Å²) >= 11 is 0. The molecule has 1 aromatic heterocycles. The lowest BCUT2D eigenvalue weighted by Gasteiger charge is -2.10. The van der Waals surface area contributed by atoms with Crippen LogP contribution in [-0.4, -0.2) is 16.0 Å². The average Bonchev–Trinajstić information content (AvgIpc) is 2.89. The third-order valence-corrected chi connectivity index (χ3v) is 2.42. The summed E-state index contributed by atoms with van der Waals surface area (Å²) in [5.41, 5.74) is -0.752. The van der Waals surface area contributed by atoms with Crippen LogP contribution in [0.15, 0.2) is 36.7 Å². The lowest BCUT2D eigenvalue weighted by Crippen LogP contribution is -2.28. The van der Waals surface area contributed by atoms with Crippen LogP contribution in [0.1, 0.15) is 11.4 Å². The summed E-state index contributed by atoms with van der Waals surface area (Å²) in [6.07, 6.45) is -1.31. The Labute approximate surface area is 112 Å². The van der Waals surface area contributed by atoms with Gasteiger partial charge in [-0.2, -0.15) is 13.2 Å². The standard InChI is InChI=1S/C12H11F3N4O/c13-12(14,15)8-2-1-3-9(6-8)19-11(20)18-7-10-16-4-5-17-10/h1-6H,7H2,(H,16,17)(H2,18,19,20). The van der Waals surface area contributed by atoms with Crippen molar-refractivity contribution in [3.05, 3.63) is 48.0 Å². The predicted molar refractivity (Wildman–Crippen MR) is 65.9 cm³/mol. The Morgan fingerprint density at radius 3 is 2.80 bits per heavy atom. The fourth-order valence-electron chi connectivity index (χ4n) is 1.51. The van der Waals surface area contributed by atoms with E-state index in [-0.39, 0.29) is 12.2 Å². The largest absolute Gasteiger partial charge is 0.416 e. The third kappa shape index (κ3) is 3.74. The number of carbonyl (C=O) groups is 1. The summed E-state index contributed by atoms with van der Waals surface area (Å²) in [4.78, 5) is 18.2. The van der Waals surface area contributed by atoms with Crippen molar-refractivity contribution in [2.75, 3.05) is 5.32 Å². The Hall–Kier alpha value is -2.51. The number of aromatic nitrogens is 2. The second-order valence-electron chi connectivity index (χ2n) is 3.92. The fraction of sp³-hybridized carbons (Fsp3) is 0.167. The summed E-state index contributed by atoms with van der Waals surface area (Å²) in [6, 6.07) is 3.80. The zero-order chi connectivity index (χ0) is 14.6. The Kier molecular flexibility index (Phi) is 3.92. The Bertz CT molecular complexity index is 581. The number of aromatic amines is 1. The molecule has 0 aliphatic heterocycles. The van der Waals surface area contributed by atoms with E-state index in [4.69, 9.17) is 0 Å². The second-order valence-corrected chi connectivity index (χ2v) is 3.92. The zero-order valence-electron chi connectivity index (χ0n) is 10.2. The minimum atomic E-state index is -4.44. The minimum absolute atomic E-state index is 0.0665. The summed E-state index contributed by atoms with van der Waals surface area (Å²) in [7, 11) is 0. The van der Waals surface area contributed by atoms with Gasteiger partial charge in [-0.3, -0.25) is 0 Å². The lowest BCUT2D eigenvalue weighted by molar-refractivity contribution is -0.137. The van der Waals surface area contributed by atoms with Gasteiger partial charge in [0.1, 0.15) is 5.82 Å². The maximum atomic E-state index is 12.5. The smallest absolute Gasteiger partial charge is 0.347 e. The monoisotopic (exact) mass is 284 g/mol. The van der Waals surface area contributed by atoms with Gasteiger partial charge in [0, 0.05) is 18.1 Å². The highest BCUT2D eigenvalue weighted by atomic mass is 19.4. The Balaban J connectivity index is 1.94. The van der Waals surface area contributed by atoms with Crippen molar-refractivity contribution in [2.45, 2.75) is 12.7 Å². The van der Waals surface area contributed by atoms with Crippen LogP contribution in [0, 0.1) is 0 Å². The van der Waals surface area contributed by atoms with Gasteiger partial charge in [-0.1, -0.05) is 6.07 Å². The lowest BCUT2D eigenvalue weighted by atomic mass is 10.2. The molecule has 0 spiro atoms. The van der Waals surface area contributed by atoms with Gasteiger partial charge in [0.2, 0.25) is 0 Å². The number of carbonyl (C=O) groups excluding carboxylic acids is 1. The predicted octanol–water partition coefficient (Wildman–Crippen LogP) is 2.75. The van der Waals surface area contributed by atoms with Crippen molar-refractivity contribution in [1.82, 2.24) is 15.3 Å². The first kappa shape index (κ1) is 13.9. The third-order valence-electron chi connectivity index (χ3n) is 2.42. The number of hydrogen-bond donors (Lipinski definition) is 3. The molecule has 0 aliphatic rings. The van der Waals surface area contributed by atoms with Crippen LogP contribution >= 0.6 is 0 Å². The molecular weight excluding hydrogens is 273 g/mol. The van der Waals surface area contributed by atoms with E-state index in [0.29, 0.717) is 5.82 Å². The molecule has 20 heavy (non-hydrogen) atoms. The molecule has 0 saturated carbocycles. The van der Waals surface area contributed by atoms with Crippen LogP contribution in [-0.2, 0) is 12.7 Å². The molecule has 2 aromatic rings. The number of alkyl halides is 3. The van der Waals surface area contributed by atoms with E-state index in [2.05, 4.69) is 20.6 Å². The van der Waals surface area contributed by atoms with Gasteiger partial charge >= 0.3 is 12.2 Å². The van der Waals surface area contributed by atoms with Crippen LogP contribution in [0.25, 0.3) is 0 Å². The highest BCUT2D eigenvalue weighted by molar-refractivity contribution is 5.89. The number of hydrogen-bond acceptors (Lipinski definition) is 2. The number of H-pyrrole nitrogens is 1. The highest BCUT2D eigenvalue weighted by Gasteiger charge is 2.30. The van der Waals surface area contributed by atoms with Gasteiger partial charge in [0.05, 0.1) is 12.1 Å². The number of benzene rings is 1. The van der Waals surface area contributed by atoms with Crippen LogP contribution < -0.4 is 10.6 Å². The number of nitrogens with one attached hydrogen (secondary N) is 3. The second kappa shape index (κ2) is 5.64. The SMILES string of the molecule is O=C(NCc1ncc[nH]1)Nc1cccc(C(F)(F)F)c1.